The van der Waals surface area contributed by atoms with E-state index in [9.17, 15) is 13.2 Å². The zero-order chi connectivity index (χ0) is 16.4. The molecule has 3 aromatic rings. The second-order valence-electron chi connectivity index (χ2n) is 4.85. The highest BCUT2D eigenvalue weighted by Gasteiger charge is 2.15. The van der Waals surface area contributed by atoms with E-state index < -0.39 is 15.8 Å². The van der Waals surface area contributed by atoms with Gasteiger partial charge in [0.25, 0.3) is 0 Å². The summed E-state index contributed by atoms with van der Waals surface area (Å²) in [7, 11) is -2.14. The molecule has 0 unspecified atom stereocenters. The number of aromatic amines is 1. The molecule has 0 radical (unpaired) electrons. The number of rotatable bonds is 5. The van der Waals surface area contributed by atoms with Crippen LogP contribution in [0.4, 0.5) is 0 Å². The van der Waals surface area contributed by atoms with E-state index in [1.165, 1.54) is 18.2 Å². The van der Waals surface area contributed by atoms with Gasteiger partial charge in [-0.2, -0.15) is 0 Å². The van der Waals surface area contributed by atoms with Crippen LogP contribution >= 0.6 is 0 Å². The van der Waals surface area contributed by atoms with Gasteiger partial charge < -0.3 is 9.15 Å². The van der Waals surface area contributed by atoms with Crippen molar-refractivity contribution in [2.24, 2.45) is 0 Å². The lowest BCUT2D eigenvalue weighted by molar-refractivity contribution is 0.414. The molecule has 0 bridgehead atoms. The van der Waals surface area contributed by atoms with Crippen LogP contribution in [0.2, 0.25) is 0 Å². The topological polar surface area (TPSA) is 101 Å². The van der Waals surface area contributed by atoms with Gasteiger partial charge in [-0.1, -0.05) is 12.1 Å². The van der Waals surface area contributed by atoms with Gasteiger partial charge in [-0.3, -0.25) is 4.98 Å². The van der Waals surface area contributed by atoms with Gasteiger partial charge in [0.05, 0.1) is 17.5 Å². The molecule has 0 atom stereocenters. The van der Waals surface area contributed by atoms with Crippen LogP contribution in [-0.2, 0) is 16.6 Å². The van der Waals surface area contributed by atoms with Crippen molar-refractivity contribution in [1.29, 1.82) is 0 Å². The second-order valence-corrected chi connectivity index (χ2v) is 6.61. The largest absolute Gasteiger partial charge is 0.497 e. The number of sulfonamides is 1. The minimum absolute atomic E-state index is 0.0514. The maximum absolute atomic E-state index is 12.3. The average Bonchev–Trinajstić information content (AvgIpc) is 2.92. The Hall–Kier alpha value is -2.58. The molecule has 7 nitrogen and oxygen atoms in total. The molecule has 0 amide bonds. The van der Waals surface area contributed by atoms with Gasteiger partial charge in [-0.25, -0.2) is 17.9 Å². The van der Waals surface area contributed by atoms with Crippen molar-refractivity contribution in [3.05, 3.63) is 58.6 Å². The minimum atomic E-state index is -3.70. The predicted molar refractivity (Wildman–Crippen MR) is 83.9 cm³/mol. The van der Waals surface area contributed by atoms with Gasteiger partial charge >= 0.3 is 5.76 Å². The van der Waals surface area contributed by atoms with Crippen LogP contribution in [0.15, 0.2) is 56.6 Å². The number of aromatic nitrogens is 1. The van der Waals surface area contributed by atoms with E-state index in [0.29, 0.717) is 16.8 Å². The van der Waals surface area contributed by atoms with Crippen molar-refractivity contribution in [1.82, 2.24) is 9.71 Å². The van der Waals surface area contributed by atoms with E-state index in [1.54, 1.807) is 31.4 Å². The molecule has 120 valence electrons. The zero-order valence-electron chi connectivity index (χ0n) is 12.2. The van der Waals surface area contributed by atoms with Gasteiger partial charge in [0.1, 0.15) is 5.75 Å². The number of hydrogen-bond acceptors (Lipinski definition) is 5. The van der Waals surface area contributed by atoms with Gasteiger partial charge in [0.2, 0.25) is 10.0 Å². The Morgan fingerprint density at radius 1 is 1.17 bits per heavy atom. The molecule has 2 N–H and O–H groups in total. The average molecular weight is 334 g/mol. The standard InChI is InChI=1S/C15H14N2O5S/c1-21-11-4-2-10(3-5-11)9-16-23(19,20)12-6-7-14-13(8-12)17-15(18)22-14/h2-8,16H,9H2,1H3,(H,17,18). The molecule has 1 heterocycles. The minimum Gasteiger partial charge on any atom is -0.497 e. The molecule has 1 aromatic heterocycles. The molecule has 0 aliphatic carbocycles. The third-order valence-electron chi connectivity index (χ3n) is 3.33. The van der Waals surface area contributed by atoms with Crippen molar-refractivity contribution in [3.63, 3.8) is 0 Å². The number of H-pyrrole nitrogens is 1. The van der Waals surface area contributed by atoms with E-state index in [0.717, 1.165) is 5.56 Å². The Balaban J connectivity index is 1.80. The van der Waals surface area contributed by atoms with Crippen LogP contribution in [0.25, 0.3) is 11.1 Å². The van der Waals surface area contributed by atoms with Gasteiger partial charge in [-0.15, -0.1) is 0 Å². The SMILES string of the molecule is COc1ccc(CNS(=O)(=O)c2ccc3oc(=O)[nH]c3c2)cc1. The summed E-state index contributed by atoms with van der Waals surface area (Å²) in [6, 6.07) is 11.2. The summed E-state index contributed by atoms with van der Waals surface area (Å²) in [4.78, 5) is 13.6. The van der Waals surface area contributed by atoms with Crippen LogP contribution in [-0.4, -0.2) is 20.5 Å². The van der Waals surface area contributed by atoms with Crippen molar-refractivity contribution in [3.8, 4) is 5.75 Å². The fourth-order valence-electron chi connectivity index (χ4n) is 2.10. The third-order valence-corrected chi connectivity index (χ3v) is 4.72. The third kappa shape index (κ3) is 3.27. The number of fused-ring (bicyclic) bond motifs is 1. The number of methoxy groups -OCH3 is 1. The van der Waals surface area contributed by atoms with Crippen molar-refractivity contribution in [2.75, 3.05) is 7.11 Å². The normalized spacial score (nSPS) is 11.7. The fourth-order valence-corrected chi connectivity index (χ4v) is 3.15. The van der Waals surface area contributed by atoms with Crippen LogP contribution in [0.1, 0.15) is 5.56 Å². The van der Waals surface area contributed by atoms with E-state index in [4.69, 9.17) is 9.15 Å². The Morgan fingerprint density at radius 3 is 2.61 bits per heavy atom. The Bertz CT molecular complexity index is 987. The van der Waals surface area contributed by atoms with Crippen LogP contribution in [0, 0.1) is 0 Å². The van der Waals surface area contributed by atoms with Crippen molar-refractivity contribution >= 4 is 21.1 Å². The number of oxazole rings is 1. The number of ether oxygens (including phenoxy) is 1. The van der Waals surface area contributed by atoms with E-state index >= 15 is 0 Å². The molecule has 8 heteroatoms. The molecular formula is C15H14N2O5S. The smallest absolute Gasteiger partial charge is 0.417 e. The van der Waals surface area contributed by atoms with Gasteiger partial charge in [-0.05, 0) is 35.9 Å². The lowest BCUT2D eigenvalue weighted by Gasteiger charge is -2.07. The summed E-state index contributed by atoms with van der Waals surface area (Å²) < 4.78 is 37.0. The molecule has 0 saturated heterocycles. The highest BCUT2D eigenvalue weighted by Crippen LogP contribution is 2.17. The molecule has 0 fully saturated rings. The zero-order valence-corrected chi connectivity index (χ0v) is 13.0. The van der Waals surface area contributed by atoms with Gasteiger partial charge in [0.15, 0.2) is 5.58 Å². The van der Waals surface area contributed by atoms with Crippen molar-refractivity contribution < 1.29 is 17.6 Å². The highest BCUT2D eigenvalue weighted by atomic mass is 32.2. The monoisotopic (exact) mass is 334 g/mol. The Morgan fingerprint density at radius 2 is 1.91 bits per heavy atom. The molecule has 23 heavy (non-hydrogen) atoms. The number of benzene rings is 2. The van der Waals surface area contributed by atoms with E-state index in [2.05, 4.69) is 9.71 Å². The fraction of sp³-hybridized carbons (Fsp3) is 0.133. The van der Waals surface area contributed by atoms with E-state index in [-0.39, 0.29) is 11.4 Å². The summed E-state index contributed by atoms with van der Waals surface area (Å²) in [6.07, 6.45) is 0. The van der Waals surface area contributed by atoms with Crippen LogP contribution in [0.5, 0.6) is 5.75 Å². The molecule has 0 saturated carbocycles. The maximum atomic E-state index is 12.3. The molecule has 2 aromatic carbocycles. The van der Waals surface area contributed by atoms with Crippen LogP contribution in [0.3, 0.4) is 0 Å². The van der Waals surface area contributed by atoms with Gasteiger partial charge in [0, 0.05) is 6.54 Å². The number of nitrogens with one attached hydrogen (secondary N) is 2. The lowest BCUT2D eigenvalue weighted by atomic mass is 10.2. The summed E-state index contributed by atoms with van der Waals surface area (Å²) in [6.45, 7) is 0.145. The maximum Gasteiger partial charge on any atom is 0.417 e. The highest BCUT2D eigenvalue weighted by molar-refractivity contribution is 7.89. The first kappa shape index (κ1) is 15.3. The lowest BCUT2D eigenvalue weighted by Crippen LogP contribution is -2.23. The molecule has 0 aliphatic heterocycles. The summed E-state index contributed by atoms with van der Waals surface area (Å²) in [5, 5.41) is 0. The summed E-state index contributed by atoms with van der Waals surface area (Å²) >= 11 is 0. The Kier molecular flexibility index (Phi) is 3.93. The first-order valence-electron chi connectivity index (χ1n) is 6.73. The molecular weight excluding hydrogens is 320 g/mol. The summed E-state index contributed by atoms with van der Waals surface area (Å²) in [5.74, 6) is 0.0757. The second kappa shape index (κ2) is 5.90. The number of hydrogen-bond donors (Lipinski definition) is 2. The molecule has 0 spiro atoms. The predicted octanol–water partition coefficient (Wildman–Crippen LogP) is 1.61. The Labute approximate surface area is 131 Å². The summed E-state index contributed by atoms with van der Waals surface area (Å²) in [5.41, 5.74) is 1.44. The van der Waals surface area contributed by atoms with Crippen LogP contribution < -0.4 is 15.2 Å². The van der Waals surface area contributed by atoms with E-state index in [1.807, 2.05) is 0 Å². The first-order valence-corrected chi connectivity index (χ1v) is 8.22. The quantitative estimate of drug-likeness (QED) is 0.738. The first-order chi connectivity index (χ1) is 11.0. The molecule has 3 rings (SSSR count). The molecule has 0 aliphatic rings. The van der Waals surface area contributed by atoms with Crippen molar-refractivity contribution in [2.45, 2.75) is 11.4 Å².